The first-order valence-electron chi connectivity index (χ1n) is 12.7. The van der Waals surface area contributed by atoms with Crippen LogP contribution < -0.4 is 14.8 Å². The molecule has 3 fully saturated rings. The number of benzene rings is 2. The quantitative estimate of drug-likeness (QED) is 0.702. The van der Waals surface area contributed by atoms with Gasteiger partial charge >= 0.3 is 0 Å². The van der Waals surface area contributed by atoms with Crippen molar-refractivity contribution in [1.82, 2.24) is 9.80 Å². The maximum Gasteiger partial charge on any atom is 0.231 e. The Hall–Kier alpha value is -3.06. The third-order valence-electron chi connectivity index (χ3n) is 8.27. The summed E-state index contributed by atoms with van der Waals surface area (Å²) in [6.07, 6.45) is 2.32. The molecular weight excluding hydrogens is 442 g/mol. The highest BCUT2D eigenvalue weighted by molar-refractivity contribution is 5.88. The van der Waals surface area contributed by atoms with Gasteiger partial charge in [0.25, 0.3) is 0 Å². The van der Waals surface area contributed by atoms with Gasteiger partial charge in [-0.2, -0.15) is 0 Å². The Morgan fingerprint density at radius 2 is 1.89 bits per heavy atom. The molecule has 4 heterocycles. The van der Waals surface area contributed by atoms with Crippen molar-refractivity contribution in [1.29, 1.82) is 0 Å². The second-order valence-corrected chi connectivity index (χ2v) is 10.7. The molecular formula is C28H33N3O4. The average Bonchev–Trinajstić information content (AvgIpc) is 3.58. The van der Waals surface area contributed by atoms with Gasteiger partial charge in [-0.3, -0.25) is 14.5 Å². The van der Waals surface area contributed by atoms with Crippen LogP contribution in [-0.4, -0.2) is 47.0 Å². The Balaban J connectivity index is 1.33. The van der Waals surface area contributed by atoms with Crippen LogP contribution in [0.2, 0.25) is 0 Å². The molecule has 0 unspecified atom stereocenters. The highest BCUT2D eigenvalue weighted by atomic mass is 16.7. The molecule has 5 atom stereocenters. The van der Waals surface area contributed by atoms with Crippen LogP contribution in [0.1, 0.15) is 50.8 Å². The number of likely N-dealkylation sites (tertiary alicyclic amines) is 1. The second kappa shape index (κ2) is 8.55. The van der Waals surface area contributed by atoms with E-state index in [4.69, 9.17) is 9.47 Å². The predicted molar refractivity (Wildman–Crippen MR) is 132 cm³/mol. The molecule has 2 amide bonds. The Morgan fingerprint density at radius 1 is 1.11 bits per heavy atom. The minimum absolute atomic E-state index is 0.0478. The molecule has 3 saturated heterocycles. The van der Waals surface area contributed by atoms with Gasteiger partial charge in [-0.1, -0.05) is 32.0 Å². The van der Waals surface area contributed by atoms with Crippen molar-refractivity contribution in [3.05, 3.63) is 53.6 Å². The molecule has 1 N–H and O–H groups in total. The normalized spacial score (nSPS) is 29.1. The van der Waals surface area contributed by atoms with E-state index in [1.807, 2.05) is 30.3 Å². The van der Waals surface area contributed by atoms with E-state index >= 15 is 0 Å². The number of carbonyl (C=O) groups excluding carboxylic acids is 2. The zero-order valence-corrected chi connectivity index (χ0v) is 20.6. The molecule has 7 heteroatoms. The van der Waals surface area contributed by atoms with Gasteiger partial charge in [-0.25, -0.2) is 0 Å². The maximum absolute atomic E-state index is 14.2. The molecule has 0 aromatic heterocycles. The van der Waals surface area contributed by atoms with Gasteiger partial charge in [0.15, 0.2) is 11.5 Å². The predicted octanol–water partition coefficient (Wildman–Crippen LogP) is 4.19. The lowest BCUT2D eigenvalue weighted by Gasteiger charge is -2.35. The number of ether oxygens (including phenoxy) is 2. The van der Waals surface area contributed by atoms with Gasteiger partial charge in [0.2, 0.25) is 18.6 Å². The van der Waals surface area contributed by atoms with Crippen LogP contribution in [0.5, 0.6) is 11.5 Å². The molecule has 0 saturated carbocycles. The molecule has 4 aliphatic rings. The molecule has 2 aromatic carbocycles. The Morgan fingerprint density at radius 3 is 2.63 bits per heavy atom. The van der Waals surface area contributed by atoms with Crippen LogP contribution in [0.25, 0.3) is 0 Å². The summed E-state index contributed by atoms with van der Waals surface area (Å²) in [4.78, 5) is 30.4. The Labute approximate surface area is 206 Å². The standard InChI is InChI=1S/C28H33N3O4/c1-16(2)26-24-21-5-4-12-30(21)27(19-7-9-20(10-8-19)29-17(3)32)25(24)28(33)31(26)14-18-6-11-22-23(13-18)35-15-34-22/h6-11,13,16,21,24-27H,4-5,12,14-15H2,1-3H3,(H,29,32)/t21-,24-,25-,26+,27-/m0/s1. The fourth-order valence-corrected chi connectivity index (χ4v) is 7.10. The minimum atomic E-state index is -0.0804. The van der Waals surface area contributed by atoms with Crippen molar-refractivity contribution in [2.75, 3.05) is 18.7 Å². The maximum atomic E-state index is 14.2. The fraction of sp³-hybridized carbons (Fsp3) is 0.500. The van der Waals surface area contributed by atoms with E-state index in [2.05, 4.69) is 41.1 Å². The summed E-state index contributed by atoms with van der Waals surface area (Å²) in [5.74, 6) is 2.34. The van der Waals surface area contributed by atoms with Crippen molar-refractivity contribution >= 4 is 17.5 Å². The summed E-state index contributed by atoms with van der Waals surface area (Å²) >= 11 is 0. The van der Waals surface area contributed by atoms with E-state index in [1.54, 1.807) is 0 Å². The zero-order chi connectivity index (χ0) is 24.3. The highest BCUT2D eigenvalue weighted by Crippen LogP contribution is 2.56. The van der Waals surface area contributed by atoms with Crippen LogP contribution >= 0.6 is 0 Å². The first-order valence-corrected chi connectivity index (χ1v) is 12.7. The molecule has 0 aliphatic carbocycles. The van der Waals surface area contributed by atoms with Crippen molar-refractivity contribution in [2.24, 2.45) is 17.8 Å². The van der Waals surface area contributed by atoms with Crippen LogP contribution in [0, 0.1) is 17.8 Å². The number of amides is 2. The first-order chi connectivity index (χ1) is 16.9. The first kappa shape index (κ1) is 22.4. The number of hydrogen-bond acceptors (Lipinski definition) is 5. The molecule has 7 nitrogen and oxygen atoms in total. The van der Waals surface area contributed by atoms with Crippen molar-refractivity contribution in [3.63, 3.8) is 0 Å². The second-order valence-electron chi connectivity index (χ2n) is 10.7. The lowest BCUT2D eigenvalue weighted by molar-refractivity contribution is -0.134. The molecule has 0 bridgehead atoms. The van der Waals surface area contributed by atoms with E-state index < -0.39 is 0 Å². The summed E-state index contributed by atoms with van der Waals surface area (Å²) < 4.78 is 11.1. The lowest BCUT2D eigenvalue weighted by Crippen LogP contribution is -2.44. The largest absolute Gasteiger partial charge is 0.454 e. The fourth-order valence-electron chi connectivity index (χ4n) is 7.10. The van der Waals surface area contributed by atoms with E-state index in [-0.39, 0.29) is 36.6 Å². The smallest absolute Gasteiger partial charge is 0.231 e. The minimum Gasteiger partial charge on any atom is -0.454 e. The van der Waals surface area contributed by atoms with Crippen LogP contribution in [0.3, 0.4) is 0 Å². The summed E-state index contributed by atoms with van der Waals surface area (Å²) in [6, 6.07) is 14.8. The Kier molecular flexibility index (Phi) is 5.48. The number of hydrogen-bond donors (Lipinski definition) is 1. The van der Waals surface area contributed by atoms with Crippen molar-refractivity contribution < 1.29 is 19.1 Å². The highest BCUT2D eigenvalue weighted by Gasteiger charge is 2.62. The molecule has 6 rings (SSSR count). The zero-order valence-electron chi connectivity index (χ0n) is 20.6. The average molecular weight is 476 g/mol. The van der Waals surface area contributed by atoms with E-state index in [0.717, 1.165) is 35.7 Å². The topological polar surface area (TPSA) is 71.1 Å². The number of fused-ring (bicyclic) bond motifs is 4. The van der Waals surface area contributed by atoms with E-state index in [9.17, 15) is 9.59 Å². The summed E-state index contributed by atoms with van der Waals surface area (Å²) in [6.45, 7) is 7.90. The van der Waals surface area contributed by atoms with Crippen LogP contribution in [0.15, 0.2) is 42.5 Å². The third-order valence-corrected chi connectivity index (χ3v) is 8.27. The molecule has 184 valence electrons. The van der Waals surface area contributed by atoms with E-state index in [1.165, 1.54) is 18.9 Å². The van der Waals surface area contributed by atoms with Gasteiger partial charge in [-0.15, -0.1) is 0 Å². The Bertz CT molecular complexity index is 1150. The number of nitrogens with one attached hydrogen (secondary N) is 1. The monoisotopic (exact) mass is 475 g/mol. The third kappa shape index (κ3) is 3.68. The SMILES string of the molecule is CC(=O)Nc1ccc([C@H]2[C@H]3C(=O)N(Cc4ccc5c(c4)OCO5)[C@H](C(C)C)[C@H]3[C@@H]3CCCN32)cc1. The van der Waals surface area contributed by atoms with Gasteiger partial charge in [-0.05, 0) is 60.7 Å². The van der Waals surface area contributed by atoms with Crippen molar-refractivity contribution in [3.8, 4) is 11.5 Å². The summed E-state index contributed by atoms with van der Waals surface area (Å²) in [7, 11) is 0. The van der Waals surface area contributed by atoms with E-state index in [0.29, 0.717) is 24.4 Å². The van der Waals surface area contributed by atoms with Gasteiger partial charge in [0.1, 0.15) is 0 Å². The van der Waals surface area contributed by atoms with Gasteiger partial charge in [0.05, 0.1) is 5.92 Å². The molecule has 4 aliphatic heterocycles. The van der Waals surface area contributed by atoms with Gasteiger partial charge in [0, 0.05) is 43.2 Å². The van der Waals surface area contributed by atoms with Crippen LogP contribution in [-0.2, 0) is 16.1 Å². The molecule has 2 aromatic rings. The number of carbonyl (C=O) groups is 2. The van der Waals surface area contributed by atoms with Crippen molar-refractivity contribution in [2.45, 2.75) is 58.3 Å². The number of nitrogens with zero attached hydrogens (tertiary/aromatic N) is 2. The lowest BCUT2D eigenvalue weighted by atomic mass is 9.79. The number of anilines is 1. The van der Waals surface area contributed by atoms with Gasteiger partial charge < -0.3 is 19.7 Å². The molecule has 35 heavy (non-hydrogen) atoms. The molecule has 0 radical (unpaired) electrons. The summed E-state index contributed by atoms with van der Waals surface area (Å²) in [5.41, 5.74) is 3.03. The number of rotatable bonds is 5. The molecule has 0 spiro atoms. The van der Waals surface area contributed by atoms with Crippen LogP contribution in [0.4, 0.5) is 5.69 Å². The summed E-state index contributed by atoms with van der Waals surface area (Å²) in [5, 5.41) is 2.85.